The number of alkyl carbamates (subject to hydrolysis) is 1. The Bertz CT molecular complexity index is 2690. The lowest BCUT2D eigenvalue weighted by Gasteiger charge is -2.41. The van der Waals surface area contributed by atoms with Crippen LogP contribution in [0.15, 0.2) is 30.3 Å². The number of hydrogen-bond acceptors (Lipinski definition) is 33. The lowest BCUT2D eigenvalue weighted by molar-refractivity contribution is -0.284. The number of nitrogens with one attached hydrogen (secondary N) is 5. The van der Waals surface area contributed by atoms with Gasteiger partial charge in [0.2, 0.25) is 23.6 Å². The zero-order chi connectivity index (χ0) is 88.5. The highest BCUT2D eigenvalue weighted by Crippen LogP contribution is 2.35. The number of hydrogen-bond donors (Lipinski definition) is 14. The average molecular weight is 1740 g/mol. The molecule has 702 valence electrons. The molecule has 3 heterocycles. The largest absolute Gasteiger partial charge is 0.445 e. The molecule has 3 saturated heterocycles. The molecule has 0 aromatic heterocycles. The van der Waals surface area contributed by atoms with Crippen molar-refractivity contribution in [3.63, 3.8) is 0 Å². The van der Waals surface area contributed by atoms with E-state index in [2.05, 4.69) is 26.6 Å². The third kappa shape index (κ3) is 45.3. The van der Waals surface area contributed by atoms with Crippen LogP contribution in [0, 0.1) is 28.6 Å². The molecular weight excluding hydrogens is 1590 g/mol. The maximum atomic E-state index is 14.2. The average Bonchev–Trinajstić information content (AvgIpc) is 0.587. The van der Waals surface area contributed by atoms with E-state index in [9.17, 15) is 74.7 Å². The first-order valence-electron chi connectivity index (χ1n) is 42.9. The van der Waals surface area contributed by atoms with Crippen LogP contribution < -0.4 is 26.6 Å². The Morgan fingerprint density at radius 1 is 0.364 bits per heavy atom. The molecule has 0 spiro atoms. The highest BCUT2D eigenvalue weighted by Gasteiger charge is 2.46. The maximum Gasteiger partial charge on any atom is 0.407 e. The van der Waals surface area contributed by atoms with E-state index in [0.717, 1.165) is 50.5 Å². The molecule has 0 bridgehead atoms. The number of ketones is 1. The van der Waals surface area contributed by atoms with Gasteiger partial charge in [0, 0.05) is 99.8 Å². The van der Waals surface area contributed by atoms with Crippen molar-refractivity contribution < 1.29 is 160 Å². The Hall–Kier alpha value is -5.00. The van der Waals surface area contributed by atoms with Gasteiger partial charge in [-0.05, 0) is 25.3 Å². The van der Waals surface area contributed by atoms with Crippen LogP contribution in [0.5, 0.6) is 0 Å². The topological polar surface area (TPSA) is 511 Å². The van der Waals surface area contributed by atoms with Crippen molar-refractivity contribution in [3.8, 4) is 0 Å². The Morgan fingerprint density at radius 2 is 0.678 bits per heavy atom. The van der Waals surface area contributed by atoms with Crippen LogP contribution in [0.3, 0.4) is 0 Å². The Morgan fingerprint density at radius 3 is 1.03 bits per heavy atom. The molecule has 14 N–H and O–H groups in total. The summed E-state index contributed by atoms with van der Waals surface area (Å²) in [5.41, 5.74) is -0.685. The maximum absolute atomic E-state index is 14.2. The Kier molecular flexibility index (Phi) is 57.2. The first-order chi connectivity index (χ1) is 58.2. The van der Waals surface area contributed by atoms with Crippen LogP contribution in [-0.4, -0.2) is 366 Å². The van der Waals surface area contributed by atoms with Gasteiger partial charge in [-0.25, -0.2) is 4.79 Å². The second-order valence-corrected chi connectivity index (χ2v) is 31.7. The molecule has 0 aliphatic carbocycles. The molecule has 16 atom stereocenters. The van der Waals surface area contributed by atoms with Gasteiger partial charge in [0.25, 0.3) is 0 Å². The van der Waals surface area contributed by atoms with Crippen molar-refractivity contribution in [3.05, 3.63) is 35.9 Å². The highest BCUT2D eigenvalue weighted by molar-refractivity contribution is 5.79. The number of rotatable bonds is 71. The summed E-state index contributed by atoms with van der Waals surface area (Å²) in [7, 11) is 0. The molecule has 0 radical (unpaired) electrons. The summed E-state index contributed by atoms with van der Waals surface area (Å²) in [6, 6.07) is 9.38. The highest BCUT2D eigenvalue weighted by atomic mass is 16.7. The summed E-state index contributed by atoms with van der Waals surface area (Å²) >= 11 is 0. The van der Waals surface area contributed by atoms with Crippen LogP contribution in [0.1, 0.15) is 144 Å². The Balaban J connectivity index is 1.25. The van der Waals surface area contributed by atoms with Gasteiger partial charge < -0.3 is 158 Å². The van der Waals surface area contributed by atoms with Crippen molar-refractivity contribution in [2.75, 3.05) is 205 Å². The van der Waals surface area contributed by atoms with Gasteiger partial charge in [-0.1, -0.05) is 110 Å². The third-order valence-corrected chi connectivity index (χ3v) is 20.9. The van der Waals surface area contributed by atoms with Crippen molar-refractivity contribution >= 4 is 35.5 Å². The number of carbonyl (C=O) groups is 6. The first kappa shape index (κ1) is 108. The van der Waals surface area contributed by atoms with E-state index in [1.165, 1.54) is 0 Å². The summed E-state index contributed by atoms with van der Waals surface area (Å²) < 4.78 is 104. The molecule has 4 rings (SSSR count). The second-order valence-electron chi connectivity index (χ2n) is 31.7. The van der Waals surface area contributed by atoms with E-state index in [0.29, 0.717) is 19.4 Å². The van der Waals surface area contributed by atoms with Gasteiger partial charge in [-0.2, -0.15) is 0 Å². The van der Waals surface area contributed by atoms with Gasteiger partial charge in [0.15, 0.2) is 24.7 Å². The lowest BCUT2D eigenvalue weighted by atomic mass is 9.84. The van der Waals surface area contributed by atoms with Crippen LogP contribution in [0.2, 0.25) is 0 Å². The summed E-state index contributed by atoms with van der Waals surface area (Å²) in [5, 5.41) is 104. The van der Waals surface area contributed by atoms with Gasteiger partial charge in [-0.15, -0.1) is 0 Å². The molecule has 121 heavy (non-hydrogen) atoms. The monoisotopic (exact) mass is 1740 g/mol. The molecule has 5 amide bonds. The Labute approximate surface area is 712 Å². The van der Waals surface area contributed by atoms with Crippen LogP contribution in [0.25, 0.3) is 0 Å². The SMILES string of the molecule is CC1C(OCCOCCOCCNC(=O)CCOCC(COCCC(=O)NCCOCCOCCOC2OC(CO)C(O)C(O)C2C)(COCCC(=O)NCCOCCOCCOC2OC(CO)C(O)C(O)C2C)CC(=O)CCCCCCCCCCC(=O)NCCOC(C)(OCCNC(=O)OCc2ccccc2)C(C)(C)C)OC(CO)C(O)C1O. The van der Waals surface area contributed by atoms with Gasteiger partial charge in [0.1, 0.15) is 49.0 Å². The van der Waals surface area contributed by atoms with E-state index in [-0.39, 0.29) is 246 Å². The minimum Gasteiger partial charge on any atom is -0.445 e. The number of carbonyl (C=O) groups excluding carboxylic acids is 6. The number of ether oxygens (including phenoxy) is 18. The number of unbranched alkanes of at least 4 members (excludes halogenated alkanes) is 7. The van der Waals surface area contributed by atoms with Crippen molar-refractivity contribution in [1.82, 2.24) is 26.6 Å². The van der Waals surface area contributed by atoms with E-state index < -0.39 is 134 Å². The summed E-state index contributed by atoms with van der Waals surface area (Å²) in [6.07, 6.45) is -5.94. The molecule has 16 unspecified atom stereocenters. The predicted molar refractivity (Wildman–Crippen MR) is 435 cm³/mol. The minimum atomic E-state index is -1.24. The third-order valence-electron chi connectivity index (χ3n) is 20.9. The molecule has 3 fully saturated rings. The second kappa shape index (κ2) is 63.8. The predicted octanol–water partition coefficient (Wildman–Crippen LogP) is 0.614. The zero-order valence-corrected chi connectivity index (χ0v) is 72.4. The minimum absolute atomic E-state index is 0.0462. The van der Waals surface area contributed by atoms with E-state index in [4.69, 9.17) is 85.3 Å². The summed E-state index contributed by atoms with van der Waals surface area (Å²) in [6.45, 7) is 15.3. The van der Waals surface area contributed by atoms with Crippen LogP contribution >= 0.6 is 0 Å². The molecular formula is C83H147N5O33. The number of aliphatic hydroxyl groups is 9. The number of benzene rings is 1. The van der Waals surface area contributed by atoms with Gasteiger partial charge in [-0.3, -0.25) is 24.0 Å². The summed E-state index contributed by atoms with van der Waals surface area (Å²) in [4.78, 5) is 78.4. The lowest BCUT2D eigenvalue weighted by Crippen LogP contribution is -2.55. The van der Waals surface area contributed by atoms with Crippen LogP contribution in [-0.2, 0) is 116 Å². The van der Waals surface area contributed by atoms with Crippen molar-refractivity contribution in [2.24, 2.45) is 28.6 Å². The smallest absolute Gasteiger partial charge is 0.407 e. The van der Waals surface area contributed by atoms with Crippen molar-refractivity contribution in [2.45, 2.75) is 225 Å². The molecule has 3 aliphatic heterocycles. The molecule has 1 aromatic carbocycles. The molecule has 38 nitrogen and oxygen atoms in total. The molecule has 0 saturated carbocycles. The summed E-state index contributed by atoms with van der Waals surface area (Å²) in [5.74, 6) is -3.76. The van der Waals surface area contributed by atoms with Gasteiger partial charge in [0.05, 0.1) is 190 Å². The fraction of sp³-hybridized carbons (Fsp3) is 0.855. The molecule has 1 aromatic rings. The van der Waals surface area contributed by atoms with E-state index in [1.807, 2.05) is 58.0 Å². The standard InChI is InChI=1S/C83H147N5O33/c1-59-71(97)74(100)64(52-89)119-77(59)113-48-45-107-42-39-104-34-26-84-68(94)23-31-110-56-83(57-111-32-24-69(95)85-27-35-105-40-43-108-46-49-114-78-60(2)72(98)75(101)65(53-90)120-78,58-112-33-25-70(96)86-28-36-106-41-44-109-47-50-115-79-61(3)73(99)76(102)66(54-91)121-79)51-63(92)21-17-12-10-8-9-11-13-18-22-67(93)87-29-37-117-82(7,81(4,5)6)118-38-30-88-80(103)116-55-62-19-15-14-16-20-62/h14-16,19-20,59-61,64-66,71-79,89-91,97-102H,8-13,17-18,21-58H2,1-7H3,(H,84,94)(H,85,95)(H,86,96)(H,87,93)(H,88,103). The van der Waals surface area contributed by atoms with E-state index >= 15 is 0 Å². The van der Waals surface area contributed by atoms with Gasteiger partial charge >= 0.3 is 6.09 Å². The number of Topliss-reactive ketones (excluding diaryl/α,β-unsaturated/α-hetero) is 1. The normalized spacial score (nSPS) is 24.2. The fourth-order valence-corrected chi connectivity index (χ4v) is 12.9. The first-order valence-corrected chi connectivity index (χ1v) is 42.9. The molecule has 38 heteroatoms. The van der Waals surface area contributed by atoms with E-state index in [1.54, 1.807) is 20.8 Å². The van der Waals surface area contributed by atoms with Crippen LogP contribution in [0.4, 0.5) is 4.79 Å². The number of amides is 5. The fourth-order valence-electron chi connectivity index (χ4n) is 12.9. The zero-order valence-electron chi connectivity index (χ0n) is 72.4. The van der Waals surface area contributed by atoms with Crippen molar-refractivity contribution in [1.29, 1.82) is 0 Å². The number of aliphatic hydroxyl groups excluding tert-OH is 9. The molecule has 3 aliphatic rings. The quantitative estimate of drug-likeness (QED) is 0.0314.